The van der Waals surface area contributed by atoms with Gasteiger partial charge < -0.3 is 9.72 Å². The van der Waals surface area contributed by atoms with Gasteiger partial charge in [-0.2, -0.15) is 0 Å². The Morgan fingerprint density at radius 3 is 2.77 bits per heavy atom. The van der Waals surface area contributed by atoms with Crippen molar-refractivity contribution in [3.8, 4) is 0 Å². The molecule has 4 nitrogen and oxygen atoms in total. The van der Waals surface area contributed by atoms with Crippen LogP contribution in [0, 0.1) is 0 Å². The smallest absolute Gasteiger partial charge is 0.320 e. The van der Waals surface area contributed by atoms with E-state index in [2.05, 4.69) is 28.1 Å². The van der Waals surface area contributed by atoms with Crippen LogP contribution in [0.3, 0.4) is 0 Å². The highest BCUT2D eigenvalue weighted by Crippen LogP contribution is 2.38. The largest absolute Gasteiger partial charge is 0.465 e. The molecule has 0 saturated heterocycles. The van der Waals surface area contributed by atoms with Gasteiger partial charge in [0.15, 0.2) is 0 Å². The van der Waals surface area contributed by atoms with Crippen molar-refractivity contribution < 1.29 is 9.53 Å². The molecule has 1 aliphatic heterocycles. The lowest BCUT2D eigenvalue weighted by Gasteiger charge is -2.35. The van der Waals surface area contributed by atoms with E-state index in [1.165, 1.54) is 10.9 Å². The number of hydrogen-bond donors (Lipinski definition) is 1. The second kappa shape index (κ2) is 7.14. The molecule has 0 bridgehead atoms. The zero-order valence-corrected chi connectivity index (χ0v) is 15.4. The summed E-state index contributed by atoms with van der Waals surface area (Å²) < 4.78 is 5.18. The Labute approximate surface area is 157 Å². The van der Waals surface area contributed by atoms with Crippen molar-refractivity contribution in [2.24, 2.45) is 0 Å². The molecule has 1 atom stereocenters. The SMILES string of the molecule is CCOC(=O)CN1CCc2c([nH]c3ccccc23)C1c1ccc(Cl)cc1. The third kappa shape index (κ3) is 3.11. The summed E-state index contributed by atoms with van der Waals surface area (Å²) in [7, 11) is 0. The Morgan fingerprint density at radius 1 is 1.23 bits per heavy atom. The van der Waals surface area contributed by atoms with E-state index in [1.54, 1.807) is 0 Å². The van der Waals surface area contributed by atoms with Crippen molar-refractivity contribution in [3.05, 3.63) is 70.4 Å². The van der Waals surface area contributed by atoms with Crippen LogP contribution in [0.15, 0.2) is 48.5 Å². The molecule has 1 aromatic heterocycles. The Bertz CT molecular complexity index is 933. The molecule has 1 unspecified atom stereocenters. The van der Waals surface area contributed by atoms with E-state index < -0.39 is 0 Å². The molecule has 1 aliphatic rings. The van der Waals surface area contributed by atoms with Gasteiger partial charge in [0.2, 0.25) is 0 Å². The zero-order valence-electron chi connectivity index (χ0n) is 14.7. The van der Waals surface area contributed by atoms with Gasteiger partial charge in [0.1, 0.15) is 0 Å². The number of H-pyrrole nitrogens is 1. The summed E-state index contributed by atoms with van der Waals surface area (Å²) in [6.45, 7) is 3.31. The van der Waals surface area contributed by atoms with Gasteiger partial charge in [-0.15, -0.1) is 0 Å². The number of hydrogen-bond acceptors (Lipinski definition) is 3. The Kier molecular flexibility index (Phi) is 4.70. The number of carbonyl (C=O) groups excluding carboxylic acids is 1. The standard InChI is InChI=1S/C21H21ClN2O2/c1-2-26-19(25)13-24-12-11-17-16-5-3-4-6-18(16)23-20(17)21(24)14-7-9-15(22)10-8-14/h3-10,21,23H,2,11-13H2,1H3. The van der Waals surface area contributed by atoms with Crippen LogP contribution in [0.5, 0.6) is 0 Å². The molecule has 0 fully saturated rings. The third-order valence-corrected chi connectivity index (χ3v) is 5.21. The zero-order chi connectivity index (χ0) is 18.1. The highest BCUT2D eigenvalue weighted by Gasteiger charge is 2.32. The number of aromatic nitrogens is 1. The Hall–Kier alpha value is -2.30. The second-order valence-electron chi connectivity index (χ2n) is 6.54. The predicted octanol–water partition coefficient (Wildman–Crippen LogP) is 4.33. The fraction of sp³-hybridized carbons (Fsp3) is 0.286. The number of carbonyl (C=O) groups is 1. The maximum absolute atomic E-state index is 12.1. The van der Waals surface area contributed by atoms with Crippen LogP contribution in [0.25, 0.3) is 10.9 Å². The Morgan fingerprint density at radius 2 is 2.00 bits per heavy atom. The molecule has 1 N–H and O–H groups in total. The summed E-state index contributed by atoms with van der Waals surface area (Å²) in [4.78, 5) is 17.9. The first-order valence-corrected chi connectivity index (χ1v) is 9.29. The molecule has 0 amide bonds. The molecule has 0 spiro atoms. The molecule has 0 aliphatic carbocycles. The lowest BCUT2D eigenvalue weighted by atomic mass is 9.92. The summed E-state index contributed by atoms with van der Waals surface area (Å²) in [5.41, 5.74) is 4.74. The predicted molar refractivity (Wildman–Crippen MR) is 104 cm³/mol. The average Bonchev–Trinajstić information content (AvgIpc) is 3.01. The molecule has 2 heterocycles. The monoisotopic (exact) mass is 368 g/mol. The van der Waals surface area contributed by atoms with Gasteiger partial charge in [-0.05, 0) is 42.7 Å². The minimum absolute atomic E-state index is 0.0205. The van der Waals surface area contributed by atoms with Gasteiger partial charge in [-0.3, -0.25) is 9.69 Å². The van der Waals surface area contributed by atoms with Crippen LogP contribution in [-0.4, -0.2) is 35.5 Å². The molecule has 3 aromatic rings. The van der Waals surface area contributed by atoms with Crippen molar-refractivity contribution >= 4 is 28.5 Å². The molecular weight excluding hydrogens is 348 g/mol. The molecule has 0 radical (unpaired) electrons. The number of nitrogens with zero attached hydrogens (tertiary/aromatic N) is 1. The number of halogens is 1. The molecule has 2 aromatic carbocycles. The first-order chi connectivity index (χ1) is 12.7. The average molecular weight is 369 g/mol. The number of benzene rings is 2. The number of aromatic amines is 1. The van der Waals surface area contributed by atoms with Crippen molar-refractivity contribution in [2.45, 2.75) is 19.4 Å². The number of rotatable bonds is 4. The molecular formula is C21H21ClN2O2. The van der Waals surface area contributed by atoms with Crippen LogP contribution in [-0.2, 0) is 16.0 Å². The number of para-hydroxylation sites is 1. The van der Waals surface area contributed by atoms with Gasteiger partial charge >= 0.3 is 5.97 Å². The number of fused-ring (bicyclic) bond motifs is 3. The van der Waals surface area contributed by atoms with E-state index in [1.807, 2.05) is 37.3 Å². The van der Waals surface area contributed by atoms with Crippen molar-refractivity contribution in [1.82, 2.24) is 9.88 Å². The van der Waals surface area contributed by atoms with Gasteiger partial charge in [-0.25, -0.2) is 0 Å². The van der Waals surface area contributed by atoms with E-state index in [0.717, 1.165) is 29.7 Å². The number of ether oxygens (including phenoxy) is 1. The summed E-state index contributed by atoms with van der Waals surface area (Å²) >= 11 is 6.08. The second-order valence-corrected chi connectivity index (χ2v) is 6.98. The fourth-order valence-corrected chi connectivity index (χ4v) is 3.98. The quantitative estimate of drug-likeness (QED) is 0.697. The molecule has 5 heteroatoms. The summed E-state index contributed by atoms with van der Waals surface area (Å²) in [5.74, 6) is -0.189. The van der Waals surface area contributed by atoms with Crippen LogP contribution in [0.1, 0.15) is 29.8 Å². The number of nitrogens with one attached hydrogen (secondary N) is 1. The number of esters is 1. The van der Waals surface area contributed by atoms with E-state index in [0.29, 0.717) is 11.6 Å². The van der Waals surface area contributed by atoms with E-state index >= 15 is 0 Å². The molecule has 4 rings (SSSR count). The highest BCUT2D eigenvalue weighted by molar-refractivity contribution is 6.30. The first kappa shape index (κ1) is 17.1. The maximum atomic E-state index is 12.1. The maximum Gasteiger partial charge on any atom is 0.320 e. The normalized spacial score (nSPS) is 17.2. The van der Waals surface area contributed by atoms with Crippen molar-refractivity contribution in [1.29, 1.82) is 0 Å². The fourth-order valence-electron chi connectivity index (χ4n) is 3.86. The summed E-state index contributed by atoms with van der Waals surface area (Å²) in [5, 5.41) is 1.97. The van der Waals surface area contributed by atoms with Gasteiger partial charge in [0, 0.05) is 28.2 Å². The summed E-state index contributed by atoms with van der Waals surface area (Å²) in [6, 6.07) is 16.2. The van der Waals surface area contributed by atoms with Crippen LogP contribution in [0.2, 0.25) is 5.02 Å². The van der Waals surface area contributed by atoms with Crippen LogP contribution in [0.4, 0.5) is 0 Å². The van der Waals surface area contributed by atoms with Crippen LogP contribution >= 0.6 is 11.6 Å². The van der Waals surface area contributed by atoms with Gasteiger partial charge in [-0.1, -0.05) is 41.9 Å². The summed E-state index contributed by atoms with van der Waals surface area (Å²) in [6.07, 6.45) is 0.906. The van der Waals surface area contributed by atoms with Crippen LogP contribution < -0.4 is 0 Å². The Balaban J connectivity index is 1.79. The van der Waals surface area contributed by atoms with Gasteiger partial charge in [0.05, 0.1) is 19.2 Å². The minimum atomic E-state index is -0.189. The van der Waals surface area contributed by atoms with E-state index in [-0.39, 0.29) is 18.6 Å². The molecule has 0 saturated carbocycles. The molecule has 134 valence electrons. The van der Waals surface area contributed by atoms with Crippen molar-refractivity contribution in [2.75, 3.05) is 19.7 Å². The lowest BCUT2D eigenvalue weighted by Crippen LogP contribution is -2.40. The highest BCUT2D eigenvalue weighted by atomic mass is 35.5. The lowest BCUT2D eigenvalue weighted by molar-refractivity contribution is -0.145. The topological polar surface area (TPSA) is 45.3 Å². The van der Waals surface area contributed by atoms with Crippen molar-refractivity contribution in [3.63, 3.8) is 0 Å². The van der Waals surface area contributed by atoms with Gasteiger partial charge in [0.25, 0.3) is 0 Å². The third-order valence-electron chi connectivity index (χ3n) is 4.96. The minimum Gasteiger partial charge on any atom is -0.465 e. The van der Waals surface area contributed by atoms with E-state index in [4.69, 9.17) is 16.3 Å². The first-order valence-electron chi connectivity index (χ1n) is 8.92. The molecule has 26 heavy (non-hydrogen) atoms. The van der Waals surface area contributed by atoms with E-state index in [9.17, 15) is 4.79 Å².